The molecule has 1 saturated heterocycles. The van der Waals surface area contributed by atoms with E-state index in [1.165, 1.54) is 0 Å². The van der Waals surface area contributed by atoms with E-state index in [9.17, 15) is 4.79 Å². The third-order valence-corrected chi connectivity index (χ3v) is 3.15. The molecule has 0 amide bonds. The van der Waals surface area contributed by atoms with Crippen LogP contribution in [0.25, 0.3) is 0 Å². The number of piperazine rings is 1. The number of ether oxygens (including phenoxy) is 1. The van der Waals surface area contributed by atoms with E-state index in [2.05, 4.69) is 10.2 Å². The minimum Gasteiger partial charge on any atom is -0.497 e. The molecule has 1 fully saturated rings. The number of nitrogens with zero attached hydrogens (tertiary/aromatic N) is 1. The highest BCUT2D eigenvalue weighted by Gasteiger charge is 2.13. The highest BCUT2D eigenvalue weighted by Crippen LogP contribution is 2.13. The number of Topliss-reactive ketones (excluding diaryl/α,β-unsaturated/α-hetero) is 1. The van der Waals surface area contributed by atoms with E-state index in [0.29, 0.717) is 13.0 Å². The van der Waals surface area contributed by atoms with Crippen LogP contribution in [0.3, 0.4) is 0 Å². The number of rotatable bonds is 5. The van der Waals surface area contributed by atoms with Crippen molar-refractivity contribution in [3.8, 4) is 5.75 Å². The lowest BCUT2D eigenvalue weighted by Crippen LogP contribution is -2.45. The number of benzene rings is 1. The molecule has 1 aliphatic heterocycles. The molecule has 0 bridgehead atoms. The zero-order chi connectivity index (χ0) is 12.8. The fourth-order valence-corrected chi connectivity index (χ4v) is 2.18. The molecule has 98 valence electrons. The Hall–Kier alpha value is -1.39. The fraction of sp³-hybridized carbons (Fsp3) is 0.500. The highest BCUT2D eigenvalue weighted by atomic mass is 16.5. The van der Waals surface area contributed by atoms with Crippen molar-refractivity contribution in [2.75, 3.05) is 39.8 Å². The van der Waals surface area contributed by atoms with E-state index in [1.807, 2.05) is 24.3 Å². The number of hydrogen-bond acceptors (Lipinski definition) is 4. The Labute approximate surface area is 108 Å². The number of ketones is 1. The molecule has 1 heterocycles. The lowest BCUT2D eigenvalue weighted by Gasteiger charge is -2.26. The van der Waals surface area contributed by atoms with Crippen LogP contribution in [0.15, 0.2) is 24.3 Å². The third-order valence-electron chi connectivity index (χ3n) is 3.15. The molecule has 1 aromatic rings. The van der Waals surface area contributed by atoms with Crippen molar-refractivity contribution in [3.05, 3.63) is 29.8 Å². The molecule has 0 unspecified atom stereocenters. The van der Waals surface area contributed by atoms with Crippen LogP contribution in [0.4, 0.5) is 0 Å². The summed E-state index contributed by atoms with van der Waals surface area (Å²) in [4.78, 5) is 14.2. The van der Waals surface area contributed by atoms with Gasteiger partial charge in [0.05, 0.1) is 13.7 Å². The van der Waals surface area contributed by atoms with Crippen molar-refractivity contribution in [2.24, 2.45) is 0 Å². The molecule has 18 heavy (non-hydrogen) atoms. The predicted octanol–water partition coefficient (Wildman–Crippen LogP) is 0.712. The molecule has 0 atom stereocenters. The second-order valence-corrected chi connectivity index (χ2v) is 4.59. The van der Waals surface area contributed by atoms with Crippen molar-refractivity contribution in [1.82, 2.24) is 10.2 Å². The van der Waals surface area contributed by atoms with E-state index in [0.717, 1.165) is 37.5 Å². The fourth-order valence-electron chi connectivity index (χ4n) is 2.18. The molecular weight excluding hydrogens is 228 g/mol. The van der Waals surface area contributed by atoms with Crippen molar-refractivity contribution in [1.29, 1.82) is 0 Å². The van der Waals surface area contributed by atoms with Crippen LogP contribution in [0, 0.1) is 0 Å². The highest BCUT2D eigenvalue weighted by molar-refractivity contribution is 5.82. The Balaban J connectivity index is 1.85. The van der Waals surface area contributed by atoms with Gasteiger partial charge in [0.1, 0.15) is 5.75 Å². The molecule has 1 aromatic carbocycles. The van der Waals surface area contributed by atoms with Gasteiger partial charge in [-0.25, -0.2) is 0 Å². The number of carbonyl (C=O) groups excluding carboxylic acids is 1. The Morgan fingerprint density at radius 1 is 1.39 bits per heavy atom. The molecule has 4 nitrogen and oxygen atoms in total. The van der Waals surface area contributed by atoms with E-state index < -0.39 is 0 Å². The average molecular weight is 248 g/mol. The summed E-state index contributed by atoms with van der Waals surface area (Å²) in [5.74, 6) is 1.08. The molecule has 0 aliphatic carbocycles. The summed E-state index contributed by atoms with van der Waals surface area (Å²) in [6, 6.07) is 7.71. The number of hydrogen-bond donors (Lipinski definition) is 1. The van der Waals surface area contributed by atoms with Crippen molar-refractivity contribution >= 4 is 5.78 Å². The van der Waals surface area contributed by atoms with E-state index in [-0.39, 0.29) is 5.78 Å². The van der Waals surface area contributed by atoms with Crippen LogP contribution >= 0.6 is 0 Å². The maximum atomic E-state index is 12.0. The lowest BCUT2D eigenvalue weighted by atomic mass is 10.1. The molecule has 0 radical (unpaired) electrons. The zero-order valence-electron chi connectivity index (χ0n) is 10.8. The quantitative estimate of drug-likeness (QED) is 0.833. The molecule has 0 saturated carbocycles. The summed E-state index contributed by atoms with van der Waals surface area (Å²) in [7, 11) is 1.64. The van der Waals surface area contributed by atoms with Crippen LogP contribution < -0.4 is 10.1 Å². The normalized spacial score (nSPS) is 16.5. The van der Waals surface area contributed by atoms with Gasteiger partial charge in [-0.05, 0) is 17.7 Å². The van der Waals surface area contributed by atoms with Gasteiger partial charge in [-0.1, -0.05) is 12.1 Å². The van der Waals surface area contributed by atoms with Gasteiger partial charge in [0.2, 0.25) is 0 Å². The molecular formula is C14H20N2O2. The summed E-state index contributed by atoms with van der Waals surface area (Å²) < 4.78 is 5.16. The van der Waals surface area contributed by atoms with Crippen LogP contribution in [-0.2, 0) is 11.2 Å². The van der Waals surface area contributed by atoms with Gasteiger partial charge < -0.3 is 10.1 Å². The van der Waals surface area contributed by atoms with Gasteiger partial charge in [0, 0.05) is 32.6 Å². The predicted molar refractivity (Wildman–Crippen MR) is 71.0 cm³/mol. The minimum absolute atomic E-state index is 0.269. The van der Waals surface area contributed by atoms with Crippen LogP contribution in [0.5, 0.6) is 5.75 Å². The second kappa shape index (κ2) is 6.52. The van der Waals surface area contributed by atoms with Crippen molar-refractivity contribution in [2.45, 2.75) is 6.42 Å². The van der Waals surface area contributed by atoms with Gasteiger partial charge in [-0.2, -0.15) is 0 Å². The average Bonchev–Trinajstić information content (AvgIpc) is 2.40. The first kappa shape index (κ1) is 13.1. The van der Waals surface area contributed by atoms with Crippen molar-refractivity contribution in [3.63, 3.8) is 0 Å². The van der Waals surface area contributed by atoms with Crippen LogP contribution in [-0.4, -0.2) is 50.5 Å². The second-order valence-electron chi connectivity index (χ2n) is 4.59. The van der Waals surface area contributed by atoms with E-state index in [4.69, 9.17) is 4.74 Å². The summed E-state index contributed by atoms with van der Waals surface area (Å²) >= 11 is 0. The lowest BCUT2D eigenvalue weighted by molar-refractivity contribution is -0.119. The van der Waals surface area contributed by atoms with Gasteiger partial charge >= 0.3 is 0 Å². The van der Waals surface area contributed by atoms with Gasteiger partial charge in [-0.15, -0.1) is 0 Å². The van der Waals surface area contributed by atoms with Gasteiger partial charge in [0.25, 0.3) is 0 Å². The Morgan fingerprint density at radius 2 is 2.17 bits per heavy atom. The first-order valence-electron chi connectivity index (χ1n) is 6.35. The third kappa shape index (κ3) is 3.82. The molecule has 0 aromatic heterocycles. The summed E-state index contributed by atoms with van der Waals surface area (Å²) in [5.41, 5.74) is 1.02. The SMILES string of the molecule is COc1cccc(CC(=O)CN2CCNCC2)c1. The van der Waals surface area contributed by atoms with Crippen LogP contribution in [0.2, 0.25) is 0 Å². The first-order valence-corrected chi connectivity index (χ1v) is 6.35. The monoisotopic (exact) mass is 248 g/mol. The summed E-state index contributed by atoms with van der Waals surface area (Å²) in [6.45, 7) is 4.44. The van der Waals surface area contributed by atoms with Gasteiger partial charge in [-0.3, -0.25) is 9.69 Å². The topological polar surface area (TPSA) is 41.6 Å². The number of nitrogens with one attached hydrogen (secondary N) is 1. The first-order chi connectivity index (χ1) is 8.78. The van der Waals surface area contributed by atoms with Crippen molar-refractivity contribution < 1.29 is 9.53 Å². The summed E-state index contributed by atoms with van der Waals surface area (Å²) in [6.07, 6.45) is 0.487. The maximum Gasteiger partial charge on any atom is 0.151 e. The molecule has 2 rings (SSSR count). The van der Waals surface area contributed by atoms with Crippen LogP contribution in [0.1, 0.15) is 5.56 Å². The largest absolute Gasteiger partial charge is 0.497 e. The maximum absolute atomic E-state index is 12.0. The molecule has 4 heteroatoms. The van der Waals surface area contributed by atoms with Gasteiger partial charge in [0.15, 0.2) is 5.78 Å². The van der Waals surface area contributed by atoms with E-state index >= 15 is 0 Å². The summed E-state index contributed by atoms with van der Waals surface area (Å²) in [5, 5.41) is 3.28. The standard InChI is InChI=1S/C14H20N2O2/c1-18-14-4-2-3-12(10-14)9-13(17)11-16-7-5-15-6-8-16/h2-4,10,15H,5-9,11H2,1H3. The smallest absolute Gasteiger partial charge is 0.151 e. The minimum atomic E-state index is 0.269. The molecule has 1 N–H and O–H groups in total. The van der Waals surface area contributed by atoms with E-state index in [1.54, 1.807) is 7.11 Å². The molecule has 1 aliphatic rings. The Kier molecular flexibility index (Phi) is 4.73. The number of carbonyl (C=O) groups is 1. The number of methoxy groups -OCH3 is 1. The zero-order valence-corrected chi connectivity index (χ0v) is 10.8. The molecule has 0 spiro atoms. The Morgan fingerprint density at radius 3 is 2.89 bits per heavy atom. The Bertz CT molecular complexity index is 401.